The lowest BCUT2D eigenvalue weighted by atomic mass is 9.32. The van der Waals surface area contributed by atoms with Crippen molar-refractivity contribution in [3.8, 4) is 0 Å². The lowest BCUT2D eigenvalue weighted by Gasteiger charge is -2.73. The standard InChI is InChI=1S/C49H77NO6/c1-30(2)32-17-22-49(37(51)28-31-27-34(44(31,5)6)41(53)50-25-13-12-14-26-50)24-23-47(10)33(40(32)49)15-16-36-46(9)20-19-38(56-39(52)29-43(3,4)42(54)55)45(7,8)35(46)18-21-48(36,47)11/h31-36,38,40H,1,12-29H2,2-11H3,(H,54,55)/t31-,32-,33+,34+,35-,36+,38-,40+,46-,47+,48+,49+/m0/s1. The maximum Gasteiger partial charge on any atom is 0.309 e. The van der Waals surface area contributed by atoms with Crippen LogP contribution in [0.4, 0.5) is 0 Å². The van der Waals surface area contributed by atoms with Crippen LogP contribution in [-0.2, 0) is 23.9 Å². The summed E-state index contributed by atoms with van der Waals surface area (Å²) < 4.78 is 6.20. The maximum absolute atomic E-state index is 15.1. The van der Waals surface area contributed by atoms with Gasteiger partial charge in [-0.05, 0) is 168 Å². The average molecular weight is 776 g/mol. The Hall–Kier alpha value is -2.18. The Morgan fingerprint density at radius 3 is 2.09 bits per heavy atom. The van der Waals surface area contributed by atoms with Crippen LogP contribution >= 0.6 is 0 Å². The van der Waals surface area contributed by atoms with Gasteiger partial charge in [0.2, 0.25) is 5.91 Å². The van der Waals surface area contributed by atoms with E-state index < -0.39 is 17.4 Å². The number of ether oxygens (including phenoxy) is 1. The van der Waals surface area contributed by atoms with Crippen molar-refractivity contribution >= 4 is 23.6 Å². The molecular weight excluding hydrogens is 699 g/mol. The van der Waals surface area contributed by atoms with Gasteiger partial charge in [-0.2, -0.15) is 0 Å². The second kappa shape index (κ2) is 14.0. The molecule has 6 saturated carbocycles. The van der Waals surface area contributed by atoms with E-state index >= 15 is 4.79 Å². The summed E-state index contributed by atoms with van der Waals surface area (Å²) in [6, 6.07) is 0. The van der Waals surface area contributed by atoms with Gasteiger partial charge in [0.05, 0.1) is 11.8 Å². The minimum atomic E-state index is -1.15. The predicted octanol–water partition coefficient (Wildman–Crippen LogP) is 10.7. The van der Waals surface area contributed by atoms with Crippen molar-refractivity contribution in [2.75, 3.05) is 13.1 Å². The van der Waals surface area contributed by atoms with E-state index in [2.05, 4.69) is 66.9 Å². The Kier molecular flexibility index (Phi) is 10.5. The molecule has 7 nitrogen and oxygen atoms in total. The van der Waals surface area contributed by atoms with Gasteiger partial charge in [0.1, 0.15) is 11.9 Å². The number of hydrogen-bond acceptors (Lipinski definition) is 5. The second-order valence-corrected chi connectivity index (χ2v) is 23.4. The molecular formula is C49H77NO6. The summed E-state index contributed by atoms with van der Waals surface area (Å²) in [6.45, 7) is 28.7. The van der Waals surface area contributed by atoms with Gasteiger partial charge >= 0.3 is 11.9 Å². The van der Waals surface area contributed by atoms with Crippen molar-refractivity contribution in [3.05, 3.63) is 12.2 Å². The number of fused-ring (bicyclic) bond motifs is 7. The average Bonchev–Trinajstić information content (AvgIpc) is 3.53. The molecule has 0 aromatic heterocycles. The van der Waals surface area contributed by atoms with E-state index in [0.717, 1.165) is 90.1 Å². The second-order valence-electron chi connectivity index (χ2n) is 23.4. The monoisotopic (exact) mass is 776 g/mol. The van der Waals surface area contributed by atoms with Crippen LogP contribution in [0.25, 0.3) is 0 Å². The molecule has 1 saturated heterocycles. The molecule has 7 rings (SSSR count). The fourth-order valence-electron chi connectivity index (χ4n) is 16.0. The minimum absolute atomic E-state index is 0.0380. The normalized spacial score (nSPS) is 43.9. The van der Waals surface area contributed by atoms with Gasteiger partial charge in [0, 0.05) is 36.3 Å². The molecule has 1 aliphatic heterocycles. The van der Waals surface area contributed by atoms with E-state index in [1.165, 1.54) is 18.4 Å². The lowest BCUT2D eigenvalue weighted by molar-refractivity contribution is -0.249. The molecule has 0 bridgehead atoms. The zero-order valence-corrected chi connectivity index (χ0v) is 37.0. The number of allylic oxidation sites excluding steroid dienone is 1. The molecule has 0 radical (unpaired) electrons. The number of rotatable bonds is 9. The van der Waals surface area contributed by atoms with E-state index in [0.29, 0.717) is 47.7 Å². The molecule has 314 valence electrons. The summed E-state index contributed by atoms with van der Waals surface area (Å²) in [5.41, 5.74) is -0.170. The number of carboxylic acid groups (broad SMARTS) is 1. The third kappa shape index (κ3) is 6.12. The molecule has 1 amide bonds. The number of carboxylic acids is 1. The Morgan fingerprint density at radius 1 is 0.786 bits per heavy atom. The van der Waals surface area contributed by atoms with E-state index in [1.54, 1.807) is 13.8 Å². The number of nitrogens with zero attached hydrogens (tertiary/aromatic N) is 1. The number of hydrogen-bond donors (Lipinski definition) is 1. The molecule has 7 heteroatoms. The Morgan fingerprint density at radius 2 is 1.46 bits per heavy atom. The fourth-order valence-corrected chi connectivity index (χ4v) is 16.0. The quantitative estimate of drug-likeness (QED) is 0.185. The topological polar surface area (TPSA) is 101 Å². The van der Waals surface area contributed by atoms with Crippen LogP contribution in [0.15, 0.2) is 12.2 Å². The highest BCUT2D eigenvalue weighted by Gasteiger charge is 2.72. The van der Waals surface area contributed by atoms with Gasteiger partial charge in [-0.25, -0.2) is 0 Å². The van der Waals surface area contributed by atoms with Crippen LogP contribution < -0.4 is 0 Å². The number of Topliss-reactive ketones (excluding diaryl/α,β-unsaturated/α-hetero) is 1. The number of carbonyl (C=O) groups excluding carboxylic acids is 3. The number of carbonyl (C=O) groups is 4. The highest BCUT2D eigenvalue weighted by atomic mass is 16.5. The molecule has 7 aliphatic rings. The first-order valence-corrected chi connectivity index (χ1v) is 22.9. The van der Waals surface area contributed by atoms with Crippen LogP contribution in [0.1, 0.15) is 172 Å². The molecule has 6 aliphatic carbocycles. The van der Waals surface area contributed by atoms with Gasteiger partial charge < -0.3 is 14.7 Å². The first kappa shape index (κ1) is 42.0. The number of aliphatic carboxylic acids is 1. The van der Waals surface area contributed by atoms with Crippen molar-refractivity contribution in [2.24, 2.45) is 79.3 Å². The number of esters is 1. The summed E-state index contributed by atoms with van der Waals surface area (Å²) >= 11 is 0. The molecule has 0 aromatic carbocycles. The lowest BCUT2D eigenvalue weighted by Crippen LogP contribution is -2.67. The minimum Gasteiger partial charge on any atom is -0.481 e. The van der Waals surface area contributed by atoms with Gasteiger partial charge in [0.25, 0.3) is 0 Å². The van der Waals surface area contributed by atoms with Crippen LogP contribution in [0.3, 0.4) is 0 Å². The summed E-state index contributed by atoms with van der Waals surface area (Å²) in [5, 5.41) is 9.65. The van der Waals surface area contributed by atoms with Gasteiger partial charge in [-0.3, -0.25) is 19.2 Å². The molecule has 12 atom stereocenters. The molecule has 0 spiro atoms. The van der Waals surface area contributed by atoms with Crippen LogP contribution in [0.2, 0.25) is 0 Å². The number of amides is 1. The molecule has 1 N–H and O–H groups in total. The smallest absolute Gasteiger partial charge is 0.309 e. The molecule has 7 fully saturated rings. The van der Waals surface area contributed by atoms with Crippen LogP contribution in [0.5, 0.6) is 0 Å². The van der Waals surface area contributed by atoms with E-state index in [1.807, 2.05) is 0 Å². The summed E-state index contributed by atoms with van der Waals surface area (Å²) in [4.78, 5) is 55.8. The Balaban J connectivity index is 1.10. The van der Waals surface area contributed by atoms with Crippen LogP contribution in [0, 0.1) is 79.3 Å². The molecule has 1 heterocycles. The summed E-state index contributed by atoms with van der Waals surface area (Å²) in [5.74, 6) is 1.92. The zero-order valence-electron chi connectivity index (χ0n) is 37.0. The molecule has 56 heavy (non-hydrogen) atoms. The Bertz CT molecular complexity index is 1620. The molecule has 0 unspecified atom stereocenters. The van der Waals surface area contributed by atoms with Crippen molar-refractivity contribution in [1.29, 1.82) is 0 Å². The van der Waals surface area contributed by atoms with Crippen molar-refractivity contribution < 1.29 is 29.0 Å². The molecule has 0 aromatic rings. The zero-order chi connectivity index (χ0) is 41.0. The Labute approximate surface area is 339 Å². The van der Waals surface area contributed by atoms with E-state index in [9.17, 15) is 19.5 Å². The highest BCUT2D eigenvalue weighted by molar-refractivity contribution is 5.87. The van der Waals surface area contributed by atoms with E-state index in [-0.39, 0.29) is 56.9 Å². The van der Waals surface area contributed by atoms with Gasteiger partial charge in [-0.15, -0.1) is 0 Å². The van der Waals surface area contributed by atoms with Gasteiger partial charge in [0.15, 0.2) is 0 Å². The number of ketones is 1. The van der Waals surface area contributed by atoms with Crippen molar-refractivity contribution in [3.63, 3.8) is 0 Å². The summed E-state index contributed by atoms with van der Waals surface area (Å²) in [6.07, 6.45) is 15.1. The maximum atomic E-state index is 15.1. The SMILES string of the molecule is C=C(C)[C@@H]1CC[C@]2(C(=O)C[C@@H]3C[C@H](C(=O)N4CCCCC4)C3(C)C)CC[C@]3(C)[C@H](CC[C@@H]4[C@@]5(C)CC[C@H](OC(=O)CC(C)(C)C(=O)O)C(C)(C)[C@@H]5CC[C@]43C)[C@@H]12. The number of likely N-dealkylation sites (tertiary alicyclic amines) is 1. The highest BCUT2D eigenvalue weighted by Crippen LogP contribution is 2.78. The van der Waals surface area contributed by atoms with Crippen molar-refractivity contribution in [2.45, 2.75) is 178 Å². The van der Waals surface area contributed by atoms with E-state index in [4.69, 9.17) is 4.74 Å². The largest absolute Gasteiger partial charge is 0.481 e. The third-order valence-electron chi connectivity index (χ3n) is 19.9. The van der Waals surface area contributed by atoms with Gasteiger partial charge in [-0.1, -0.05) is 60.6 Å². The first-order chi connectivity index (χ1) is 26.0. The summed E-state index contributed by atoms with van der Waals surface area (Å²) in [7, 11) is 0. The fraction of sp³-hybridized carbons (Fsp3) is 0.878. The van der Waals surface area contributed by atoms with Crippen molar-refractivity contribution in [1.82, 2.24) is 4.90 Å². The number of piperidine rings is 1. The third-order valence-corrected chi connectivity index (χ3v) is 19.9. The van der Waals surface area contributed by atoms with Crippen LogP contribution in [-0.4, -0.2) is 52.8 Å². The first-order valence-electron chi connectivity index (χ1n) is 22.9. The predicted molar refractivity (Wildman–Crippen MR) is 220 cm³/mol.